The first-order valence-electron chi connectivity index (χ1n) is 11.7. The summed E-state index contributed by atoms with van der Waals surface area (Å²) in [6, 6.07) is 15.6. The van der Waals surface area contributed by atoms with Crippen LogP contribution in [0.15, 0.2) is 60.1 Å². The lowest BCUT2D eigenvalue weighted by Crippen LogP contribution is -2.42. The van der Waals surface area contributed by atoms with Crippen molar-refractivity contribution in [3.63, 3.8) is 0 Å². The highest BCUT2D eigenvalue weighted by Crippen LogP contribution is 2.34. The monoisotopic (exact) mass is 505 g/mol. The minimum atomic E-state index is -0.540. The van der Waals surface area contributed by atoms with Crippen LogP contribution in [0.5, 0.6) is 5.75 Å². The van der Waals surface area contributed by atoms with Gasteiger partial charge in [-0.3, -0.25) is 9.69 Å². The van der Waals surface area contributed by atoms with E-state index in [0.29, 0.717) is 26.1 Å². The van der Waals surface area contributed by atoms with Gasteiger partial charge in [-0.2, -0.15) is 0 Å². The maximum absolute atomic E-state index is 13.4. The number of benzene rings is 2. The lowest BCUT2D eigenvalue weighted by Gasteiger charge is -2.25. The maximum Gasteiger partial charge on any atom is 0.360 e. The molecule has 4 aromatic rings. The van der Waals surface area contributed by atoms with Gasteiger partial charge in [-0.1, -0.05) is 41.6 Å². The molecule has 2 atom stereocenters. The Morgan fingerprint density at radius 2 is 2.00 bits per heavy atom. The highest BCUT2D eigenvalue weighted by molar-refractivity contribution is 7.09. The molecule has 1 fully saturated rings. The third kappa shape index (κ3) is 4.82. The van der Waals surface area contributed by atoms with Crippen LogP contribution in [-0.4, -0.2) is 58.6 Å². The molecule has 9 nitrogen and oxygen atoms in total. The molecule has 10 heteroatoms. The van der Waals surface area contributed by atoms with Crippen LogP contribution in [-0.2, 0) is 22.6 Å². The minimum absolute atomic E-state index is 0.0431. The van der Waals surface area contributed by atoms with Crippen molar-refractivity contribution >= 4 is 34.0 Å². The van der Waals surface area contributed by atoms with Gasteiger partial charge in [-0.15, -0.1) is 16.4 Å². The molecule has 1 saturated heterocycles. The molecule has 0 spiro atoms. The maximum atomic E-state index is 13.4. The number of hydrogen-bond donors (Lipinski definition) is 1. The summed E-state index contributed by atoms with van der Waals surface area (Å²) in [5.41, 5.74) is 1.17. The molecule has 1 aliphatic rings. The van der Waals surface area contributed by atoms with E-state index in [1.165, 1.54) is 7.11 Å². The van der Waals surface area contributed by atoms with Gasteiger partial charge in [-0.05, 0) is 34.7 Å². The molecule has 0 saturated carbocycles. The predicted molar refractivity (Wildman–Crippen MR) is 136 cm³/mol. The average Bonchev–Trinajstić information content (AvgIpc) is 3.68. The van der Waals surface area contributed by atoms with Crippen molar-refractivity contribution in [3.05, 3.63) is 76.2 Å². The first kappa shape index (κ1) is 24.0. The fourth-order valence-corrected chi connectivity index (χ4v) is 5.39. The van der Waals surface area contributed by atoms with E-state index in [2.05, 4.69) is 32.7 Å². The largest absolute Gasteiger partial charge is 0.496 e. The summed E-state index contributed by atoms with van der Waals surface area (Å²) in [7, 11) is 2.97. The van der Waals surface area contributed by atoms with Gasteiger partial charge in [0.15, 0.2) is 5.69 Å². The minimum Gasteiger partial charge on any atom is -0.496 e. The van der Waals surface area contributed by atoms with E-state index < -0.39 is 5.97 Å². The second-order valence-electron chi connectivity index (χ2n) is 8.67. The summed E-state index contributed by atoms with van der Waals surface area (Å²) in [5, 5.41) is 15.4. The summed E-state index contributed by atoms with van der Waals surface area (Å²) in [6.07, 6.45) is 2.12. The van der Waals surface area contributed by atoms with Gasteiger partial charge in [0.2, 0.25) is 5.91 Å². The number of esters is 1. The molecule has 186 valence electrons. The molecule has 0 bridgehead atoms. The molecule has 3 heterocycles. The number of aromatic nitrogens is 3. The van der Waals surface area contributed by atoms with Gasteiger partial charge in [0.25, 0.3) is 0 Å². The average molecular weight is 506 g/mol. The van der Waals surface area contributed by atoms with E-state index >= 15 is 0 Å². The number of nitrogens with one attached hydrogen (secondary N) is 1. The smallest absolute Gasteiger partial charge is 0.360 e. The Morgan fingerprint density at radius 3 is 2.78 bits per heavy atom. The third-order valence-electron chi connectivity index (χ3n) is 6.56. The summed E-state index contributed by atoms with van der Waals surface area (Å²) >= 11 is 1.61. The molecule has 1 aliphatic heterocycles. The van der Waals surface area contributed by atoms with Crippen LogP contribution in [0.2, 0.25) is 0 Å². The Bertz CT molecular complexity index is 1370. The number of carbonyl (C=O) groups excluding carboxylic acids is 2. The van der Waals surface area contributed by atoms with Crippen molar-refractivity contribution in [2.45, 2.75) is 31.6 Å². The van der Waals surface area contributed by atoms with Gasteiger partial charge >= 0.3 is 5.97 Å². The molecular formula is C26H27N5O4S. The van der Waals surface area contributed by atoms with Crippen molar-refractivity contribution in [1.82, 2.24) is 25.2 Å². The number of rotatable bonds is 8. The van der Waals surface area contributed by atoms with Crippen molar-refractivity contribution in [1.29, 1.82) is 0 Å². The Morgan fingerprint density at radius 1 is 1.14 bits per heavy atom. The first-order chi connectivity index (χ1) is 17.6. The summed E-state index contributed by atoms with van der Waals surface area (Å²) in [4.78, 5) is 28.5. The van der Waals surface area contributed by atoms with Gasteiger partial charge in [0.05, 0.1) is 39.0 Å². The standard InChI is InChI=1S/C26H27N5O4S/c1-34-24-10-9-17-6-3-4-8-20(17)21(24)15-30-14-18(31-16-22(28-29-31)26(33)35-2)12-23(30)25(32)27-13-19-7-5-11-36-19/h3-11,16,18,23H,12-15H2,1-2H3,(H,27,32)/t18-,23+/m1/s1. The van der Waals surface area contributed by atoms with E-state index in [1.807, 2.05) is 41.8 Å². The van der Waals surface area contributed by atoms with Crippen molar-refractivity contribution in [3.8, 4) is 5.75 Å². The Kier molecular flexibility index (Phi) is 6.97. The number of thiophene rings is 1. The molecule has 0 aliphatic carbocycles. The molecule has 2 aromatic carbocycles. The van der Waals surface area contributed by atoms with Crippen molar-refractivity contribution < 1.29 is 19.1 Å². The van der Waals surface area contributed by atoms with Crippen LogP contribution >= 0.6 is 11.3 Å². The SMILES string of the molecule is COC(=O)c1cn([C@@H]2C[C@@H](C(=O)NCc3cccs3)N(Cc3c(OC)ccc4ccccc34)C2)nn1. The molecule has 1 N–H and O–H groups in total. The van der Waals surface area contributed by atoms with Gasteiger partial charge in [0, 0.05) is 23.5 Å². The zero-order valence-electron chi connectivity index (χ0n) is 20.1. The molecule has 2 aromatic heterocycles. The zero-order valence-corrected chi connectivity index (χ0v) is 20.9. The number of nitrogens with zero attached hydrogens (tertiary/aromatic N) is 4. The molecule has 1 amide bonds. The van der Waals surface area contributed by atoms with E-state index in [-0.39, 0.29) is 23.7 Å². The Labute approximate surface area is 212 Å². The molecular weight excluding hydrogens is 478 g/mol. The number of amides is 1. The van der Waals surface area contributed by atoms with Crippen LogP contribution in [0, 0.1) is 0 Å². The second-order valence-corrected chi connectivity index (χ2v) is 9.71. The fourth-order valence-electron chi connectivity index (χ4n) is 4.75. The lowest BCUT2D eigenvalue weighted by molar-refractivity contribution is -0.125. The first-order valence-corrected chi connectivity index (χ1v) is 12.5. The summed E-state index contributed by atoms with van der Waals surface area (Å²) < 4.78 is 12.1. The highest BCUT2D eigenvalue weighted by atomic mass is 32.1. The van der Waals surface area contributed by atoms with Gasteiger partial charge in [0.1, 0.15) is 5.75 Å². The second kappa shape index (κ2) is 10.5. The lowest BCUT2D eigenvalue weighted by atomic mass is 10.0. The number of carbonyl (C=O) groups is 2. The van der Waals surface area contributed by atoms with Crippen LogP contribution < -0.4 is 10.1 Å². The molecule has 0 unspecified atom stereocenters. The van der Waals surface area contributed by atoms with Gasteiger partial charge < -0.3 is 14.8 Å². The molecule has 5 rings (SSSR count). The summed E-state index contributed by atoms with van der Waals surface area (Å²) in [5.74, 6) is 0.198. The predicted octanol–water partition coefficient (Wildman–Crippen LogP) is 3.42. The number of ether oxygens (including phenoxy) is 2. The van der Waals surface area contributed by atoms with Crippen LogP contribution in [0.3, 0.4) is 0 Å². The van der Waals surface area contributed by atoms with E-state index in [9.17, 15) is 9.59 Å². The molecule has 0 radical (unpaired) electrons. The van der Waals surface area contributed by atoms with E-state index in [0.717, 1.165) is 27.0 Å². The highest BCUT2D eigenvalue weighted by Gasteiger charge is 2.39. The molecule has 36 heavy (non-hydrogen) atoms. The topological polar surface area (TPSA) is 98.6 Å². The zero-order chi connectivity index (χ0) is 25.1. The summed E-state index contributed by atoms with van der Waals surface area (Å²) in [6.45, 7) is 1.57. The number of likely N-dealkylation sites (tertiary alicyclic amines) is 1. The van der Waals surface area contributed by atoms with Crippen LogP contribution in [0.25, 0.3) is 10.8 Å². The Balaban J connectivity index is 1.43. The van der Waals surface area contributed by atoms with E-state index in [1.54, 1.807) is 29.3 Å². The normalized spacial score (nSPS) is 17.8. The van der Waals surface area contributed by atoms with E-state index in [4.69, 9.17) is 9.47 Å². The van der Waals surface area contributed by atoms with Crippen LogP contribution in [0.1, 0.15) is 33.4 Å². The van der Waals surface area contributed by atoms with Crippen molar-refractivity contribution in [2.24, 2.45) is 0 Å². The van der Waals surface area contributed by atoms with Crippen molar-refractivity contribution in [2.75, 3.05) is 20.8 Å². The number of methoxy groups -OCH3 is 2. The quantitative estimate of drug-likeness (QED) is 0.367. The van der Waals surface area contributed by atoms with Crippen LogP contribution in [0.4, 0.5) is 0 Å². The number of fused-ring (bicyclic) bond motifs is 1. The third-order valence-corrected chi connectivity index (χ3v) is 7.44. The van der Waals surface area contributed by atoms with Gasteiger partial charge in [-0.25, -0.2) is 9.48 Å². The fraction of sp³-hybridized carbons (Fsp3) is 0.308. The number of hydrogen-bond acceptors (Lipinski definition) is 8. The Hall–Kier alpha value is -3.76.